The third-order valence-corrected chi connectivity index (χ3v) is 3.30. The van der Waals surface area contributed by atoms with Crippen LogP contribution in [0, 0.1) is 0 Å². The highest BCUT2D eigenvalue weighted by Gasteiger charge is 2.29. The summed E-state index contributed by atoms with van der Waals surface area (Å²) >= 11 is 0. The summed E-state index contributed by atoms with van der Waals surface area (Å²) in [7, 11) is 1.53. The molecule has 0 fully saturated rings. The Morgan fingerprint density at radius 2 is 1.83 bits per heavy atom. The van der Waals surface area contributed by atoms with Gasteiger partial charge in [-0.25, -0.2) is 4.98 Å². The Morgan fingerprint density at radius 1 is 1.12 bits per heavy atom. The average Bonchev–Trinajstić information content (AvgIpc) is 2.53. The van der Waals surface area contributed by atoms with Crippen molar-refractivity contribution in [1.29, 1.82) is 0 Å². The number of rotatable bonds is 7. The van der Waals surface area contributed by atoms with E-state index in [1.54, 1.807) is 36.5 Å². The predicted molar refractivity (Wildman–Crippen MR) is 84.3 cm³/mol. The lowest BCUT2D eigenvalue weighted by Crippen LogP contribution is -2.30. The van der Waals surface area contributed by atoms with Crippen molar-refractivity contribution in [3.05, 3.63) is 48.2 Å². The van der Waals surface area contributed by atoms with E-state index >= 15 is 0 Å². The van der Waals surface area contributed by atoms with Crippen LogP contribution in [0.1, 0.15) is 18.9 Å². The molecule has 1 heterocycles. The lowest BCUT2D eigenvalue weighted by atomic mass is 10.2. The molecule has 0 radical (unpaired) electrons. The van der Waals surface area contributed by atoms with Crippen molar-refractivity contribution in [2.75, 3.05) is 7.11 Å². The Bertz CT molecular complexity index is 662. The molecule has 0 unspecified atom stereocenters. The molecule has 0 aliphatic heterocycles. The lowest BCUT2D eigenvalue weighted by Gasteiger charge is -2.17. The van der Waals surface area contributed by atoms with Crippen LogP contribution in [0.15, 0.2) is 42.6 Å². The highest BCUT2D eigenvalue weighted by molar-refractivity contribution is 5.42. The summed E-state index contributed by atoms with van der Waals surface area (Å²) in [6.07, 6.45) is -3.53. The SMILES string of the molecule is COc1ccccc1Oc1ncccc1CN[C@@H](C)CC(F)(F)F. The van der Waals surface area contributed by atoms with E-state index in [0.717, 1.165) is 0 Å². The second-order valence-electron chi connectivity index (χ2n) is 5.32. The fraction of sp³-hybridized carbons (Fsp3) is 0.353. The summed E-state index contributed by atoms with van der Waals surface area (Å²) in [6.45, 7) is 1.71. The minimum atomic E-state index is -4.20. The summed E-state index contributed by atoms with van der Waals surface area (Å²) in [6, 6.07) is 9.85. The number of aromatic nitrogens is 1. The van der Waals surface area contributed by atoms with Gasteiger partial charge in [-0.3, -0.25) is 0 Å². The summed E-state index contributed by atoms with van der Waals surface area (Å²) in [5.41, 5.74) is 0.664. The van der Waals surface area contributed by atoms with E-state index in [4.69, 9.17) is 9.47 Å². The van der Waals surface area contributed by atoms with Crippen LogP contribution < -0.4 is 14.8 Å². The fourth-order valence-corrected chi connectivity index (χ4v) is 2.16. The molecule has 0 aliphatic rings. The van der Waals surface area contributed by atoms with E-state index in [2.05, 4.69) is 10.3 Å². The quantitative estimate of drug-likeness (QED) is 0.815. The van der Waals surface area contributed by atoms with E-state index in [-0.39, 0.29) is 6.54 Å². The first-order valence-corrected chi connectivity index (χ1v) is 7.44. The molecule has 0 saturated heterocycles. The number of hydrogen-bond acceptors (Lipinski definition) is 4. The zero-order valence-electron chi connectivity index (χ0n) is 13.4. The van der Waals surface area contributed by atoms with Crippen molar-refractivity contribution in [2.24, 2.45) is 0 Å². The largest absolute Gasteiger partial charge is 0.493 e. The van der Waals surface area contributed by atoms with Gasteiger partial charge in [0.15, 0.2) is 11.5 Å². The van der Waals surface area contributed by atoms with Gasteiger partial charge in [0.25, 0.3) is 0 Å². The van der Waals surface area contributed by atoms with Crippen LogP contribution in [0.5, 0.6) is 17.4 Å². The van der Waals surface area contributed by atoms with E-state index < -0.39 is 18.6 Å². The normalized spacial score (nSPS) is 12.7. The van der Waals surface area contributed by atoms with E-state index in [9.17, 15) is 13.2 Å². The van der Waals surface area contributed by atoms with Crippen LogP contribution in [0.2, 0.25) is 0 Å². The molecule has 1 aromatic heterocycles. The molecule has 24 heavy (non-hydrogen) atoms. The smallest absolute Gasteiger partial charge is 0.390 e. The number of pyridine rings is 1. The summed E-state index contributed by atoms with van der Waals surface area (Å²) in [4.78, 5) is 4.16. The molecule has 0 saturated carbocycles. The first kappa shape index (κ1) is 18.1. The Kier molecular flexibility index (Phi) is 6.03. The first-order valence-electron chi connectivity index (χ1n) is 7.44. The number of methoxy groups -OCH3 is 1. The summed E-state index contributed by atoms with van der Waals surface area (Å²) < 4.78 is 48.2. The van der Waals surface area contributed by atoms with E-state index in [0.29, 0.717) is 22.9 Å². The molecule has 1 N–H and O–H groups in total. The van der Waals surface area contributed by atoms with Gasteiger partial charge in [0.1, 0.15) is 0 Å². The predicted octanol–water partition coefficient (Wildman–Crippen LogP) is 4.31. The van der Waals surface area contributed by atoms with Crippen LogP contribution in [-0.4, -0.2) is 24.3 Å². The number of hydrogen-bond donors (Lipinski definition) is 1. The number of nitrogens with zero attached hydrogens (tertiary/aromatic N) is 1. The van der Waals surface area contributed by atoms with Crippen LogP contribution in [-0.2, 0) is 6.54 Å². The van der Waals surface area contributed by atoms with Gasteiger partial charge in [-0.1, -0.05) is 18.2 Å². The molecule has 1 aromatic carbocycles. The van der Waals surface area contributed by atoms with Gasteiger partial charge in [0.05, 0.1) is 13.5 Å². The standard InChI is InChI=1S/C17H19F3N2O2/c1-12(10-17(18,19)20)22-11-13-6-5-9-21-16(13)24-15-8-4-3-7-14(15)23-2/h3-9,12,22H,10-11H2,1-2H3/t12-/m0/s1. The molecule has 130 valence electrons. The average molecular weight is 340 g/mol. The van der Waals surface area contributed by atoms with Gasteiger partial charge in [0, 0.05) is 24.3 Å². The molecule has 2 aromatic rings. The van der Waals surface area contributed by atoms with Crippen LogP contribution in [0.4, 0.5) is 13.2 Å². The number of nitrogens with one attached hydrogen (secondary N) is 1. The van der Waals surface area contributed by atoms with Crippen molar-refractivity contribution in [2.45, 2.75) is 32.1 Å². The maximum absolute atomic E-state index is 12.4. The molecule has 0 bridgehead atoms. The molecule has 0 aliphatic carbocycles. The van der Waals surface area contributed by atoms with Crippen LogP contribution in [0.25, 0.3) is 0 Å². The molecular weight excluding hydrogens is 321 g/mol. The highest BCUT2D eigenvalue weighted by atomic mass is 19.4. The van der Waals surface area contributed by atoms with Gasteiger partial charge < -0.3 is 14.8 Å². The molecular formula is C17H19F3N2O2. The number of para-hydroxylation sites is 2. The van der Waals surface area contributed by atoms with Crippen molar-refractivity contribution in [1.82, 2.24) is 10.3 Å². The Balaban J connectivity index is 2.07. The Hall–Kier alpha value is -2.28. The third kappa shape index (κ3) is 5.42. The summed E-state index contributed by atoms with van der Waals surface area (Å²) in [5, 5.41) is 2.84. The molecule has 4 nitrogen and oxygen atoms in total. The van der Waals surface area contributed by atoms with Crippen molar-refractivity contribution in [3.8, 4) is 17.4 Å². The lowest BCUT2D eigenvalue weighted by molar-refractivity contribution is -0.139. The monoisotopic (exact) mass is 340 g/mol. The molecule has 7 heteroatoms. The van der Waals surface area contributed by atoms with Gasteiger partial charge in [0.2, 0.25) is 5.88 Å². The number of halogens is 3. The van der Waals surface area contributed by atoms with Crippen LogP contribution in [0.3, 0.4) is 0 Å². The van der Waals surface area contributed by atoms with Crippen molar-refractivity contribution in [3.63, 3.8) is 0 Å². The van der Waals surface area contributed by atoms with Gasteiger partial charge in [-0.05, 0) is 25.1 Å². The topological polar surface area (TPSA) is 43.4 Å². The highest BCUT2D eigenvalue weighted by Crippen LogP contribution is 2.31. The van der Waals surface area contributed by atoms with E-state index in [1.165, 1.54) is 14.0 Å². The zero-order valence-corrected chi connectivity index (χ0v) is 13.4. The van der Waals surface area contributed by atoms with Gasteiger partial charge in [-0.15, -0.1) is 0 Å². The minimum absolute atomic E-state index is 0.218. The number of benzene rings is 1. The minimum Gasteiger partial charge on any atom is -0.493 e. The van der Waals surface area contributed by atoms with Crippen molar-refractivity contribution >= 4 is 0 Å². The molecule has 0 spiro atoms. The zero-order chi connectivity index (χ0) is 17.6. The first-order chi connectivity index (χ1) is 11.4. The molecule has 2 rings (SSSR count). The number of alkyl halides is 3. The van der Waals surface area contributed by atoms with E-state index in [1.807, 2.05) is 6.07 Å². The summed E-state index contributed by atoms with van der Waals surface area (Å²) in [5.74, 6) is 1.37. The third-order valence-electron chi connectivity index (χ3n) is 3.30. The second kappa shape index (κ2) is 8.01. The van der Waals surface area contributed by atoms with Gasteiger partial charge in [-0.2, -0.15) is 13.2 Å². The molecule has 0 amide bonds. The van der Waals surface area contributed by atoms with Gasteiger partial charge >= 0.3 is 6.18 Å². The second-order valence-corrected chi connectivity index (χ2v) is 5.32. The fourth-order valence-electron chi connectivity index (χ4n) is 2.16. The molecule has 1 atom stereocenters. The maximum atomic E-state index is 12.4. The Morgan fingerprint density at radius 3 is 2.50 bits per heavy atom. The van der Waals surface area contributed by atoms with Crippen LogP contribution >= 0.6 is 0 Å². The maximum Gasteiger partial charge on any atom is 0.390 e. The van der Waals surface area contributed by atoms with Crippen molar-refractivity contribution < 1.29 is 22.6 Å². The number of ether oxygens (including phenoxy) is 2. The Labute approximate surface area is 138 Å².